The van der Waals surface area contributed by atoms with E-state index in [1.54, 1.807) is 12.1 Å². The quantitative estimate of drug-likeness (QED) is 0.814. The van der Waals surface area contributed by atoms with E-state index in [0.717, 1.165) is 37.9 Å². The molecule has 5 heteroatoms. The third-order valence-electron chi connectivity index (χ3n) is 4.62. The smallest absolute Gasteiger partial charge is 0.253 e. The molecule has 1 aliphatic heterocycles. The molecule has 0 aromatic heterocycles. The van der Waals surface area contributed by atoms with E-state index in [1.165, 1.54) is 0 Å². The van der Waals surface area contributed by atoms with Crippen molar-refractivity contribution < 1.29 is 14.3 Å². The summed E-state index contributed by atoms with van der Waals surface area (Å²) in [5.41, 5.74) is 2.23. The molecule has 0 atom stereocenters. The van der Waals surface area contributed by atoms with Crippen molar-refractivity contribution in [3.63, 3.8) is 0 Å². The van der Waals surface area contributed by atoms with Crippen LogP contribution in [0.15, 0.2) is 48.5 Å². The Morgan fingerprint density at radius 3 is 2.48 bits per heavy atom. The number of ether oxygens (including phenoxy) is 1. The Kier molecular flexibility index (Phi) is 6.47. The molecule has 5 nitrogen and oxygen atoms in total. The van der Waals surface area contributed by atoms with Crippen molar-refractivity contribution in [2.45, 2.75) is 32.7 Å². The highest BCUT2D eigenvalue weighted by Crippen LogP contribution is 2.15. The lowest BCUT2D eigenvalue weighted by atomic mass is 10.1. The molecule has 0 aliphatic carbocycles. The van der Waals surface area contributed by atoms with Crippen LogP contribution in [0.4, 0.5) is 0 Å². The summed E-state index contributed by atoms with van der Waals surface area (Å²) in [7, 11) is 0. The number of benzene rings is 2. The highest BCUT2D eigenvalue weighted by Gasteiger charge is 2.19. The summed E-state index contributed by atoms with van der Waals surface area (Å²) in [4.78, 5) is 26.6. The van der Waals surface area contributed by atoms with Crippen molar-refractivity contribution in [1.29, 1.82) is 0 Å². The molecule has 142 valence electrons. The first-order chi connectivity index (χ1) is 13.2. The number of hydrogen-bond acceptors (Lipinski definition) is 3. The Morgan fingerprint density at radius 2 is 1.78 bits per heavy atom. The van der Waals surface area contributed by atoms with Crippen LogP contribution in [-0.2, 0) is 6.54 Å². The highest BCUT2D eigenvalue weighted by atomic mass is 16.5. The fraction of sp³-hybridized carbons (Fsp3) is 0.364. The molecule has 2 aromatic carbocycles. The van der Waals surface area contributed by atoms with Crippen molar-refractivity contribution in [2.75, 3.05) is 19.7 Å². The molecule has 0 radical (unpaired) electrons. The Hall–Kier alpha value is -2.82. The number of carbonyl (C=O) groups excluding carboxylic acids is 2. The lowest BCUT2D eigenvalue weighted by Gasteiger charge is -2.15. The zero-order valence-electron chi connectivity index (χ0n) is 15.7. The predicted molar refractivity (Wildman–Crippen MR) is 105 cm³/mol. The van der Waals surface area contributed by atoms with Crippen LogP contribution in [0.2, 0.25) is 0 Å². The van der Waals surface area contributed by atoms with Crippen LogP contribution >= 0.6 is 0 Å². The Bertz CT molecular complexity index is 780. The van der Waals surface area contributed by atoms with Crippen LogP contribution in [0, 0.1) is 0 Å². The molecule has 2 aromatic rings. The topological polar surface area (TPSA) is 58.6 Å². The first-order valence-electron chi connectivity index (χ1n) is 9.56. The van der Waals surface area contributed by atoms with Gasteiger partial charge in [-0.25, -0.2) is 0 Å². The maximum Gasteiger partial charge on any atom is 0.253 e. The lowest BCUT2D eigenvalue weighted by Crippen LogP contribution is -2.27. The summed E-state index contributed by atoms with van der Waals surface area (Å²) in [6.45, 7) is 4.78. The minimum absolute atomic E-state index is 0.0898. The Balaban J connectivity index is 1.55. The number of nitrogens with one attached hydrogen (secondary N) is 1. The van der Waals surface area contributed by atoms with E-state index >= 15 is 0 Å². The molecule has 0 spiro atoms. The number of likely N-dealkylation sites (tertiary alicyclic amines) is 1. The van der Waals surface area contributed by atoms with Gasteiger partial charge in [-0.3, -0.25) is 9.59 Å². The fourth-order valence-corrected chi connectivity index (χ4v) is 3.10. The van der Waals surface area contributed by atoms with E-state index in [-0.39, 0.29) is 11.8 Å². The van der Waals surface area contributed by atoms with E-state index in [0.29, 0.717) is 30.0 Å². The molecule has 0 bridgehead atoms. The van der Waals surface area contributed by atoms with E-state index < -0.39 is 0 Å². The van der Waals surface area contributed by atoms with Gasteiger partial charge in [-0.1, -0.05) is 25.1 Å². The van der Waals surface area contributed by atoms with Gasteiger partial charge in [0.15, 0.2) is 0 Å². The second-order valence-corrected chi connectivity index (χ2v) is 6.76. The van der Waals surface area contributed by atoms with Crippen molar-refractivity contribution in [3.05, 3.63) is 65.2 Å². The third-order valence-corrected chi connectivity index (χ3v) is 4.62. The molecular weight excluding hydrogens is 340 g/mol. The summed E-state index contributed by atoms with van der Waals surface area (Å²) in [6, 6.07) is 14.6. The number of nitrogens with zero attached hydrogens (tertiary/aromatic N) is 1. The summed E-state index contributed by atoms with van der Waals surface area (Å²) < 4.78 is 5.57. The van der Waals surface area contributed by atoms with Gasteiger partial charge in [-0.05, 0) is 55.2 Å². The number of amides is 2. The fourth-order valence-electron chi connectivity index (χ4n) is 3.10. The first-order valence-corrected chi connectivity index (χ1v) is 9.56. The molecule has 3 rings (SSSR count). The largest absolute Gasteiger partial charge is 0.494 e. The first kappa shape index (κ1) is 19.0. The van der Waals surface area contributed by atoms with Gasteiger partial charge in [0, 0.05) is 30.8 Å². The van der Waals surface area contributed by atoms with E-state index in [4.69, 9.17) is 4.74 Å². The molecule has 1 fully saturated rings. The van der Waals surface area contributed by atoms with Gasteiger partial charge in [-0.15, -0.1) is 0 Å². The maximum atomic E-state index is 12.4. The Morgan fingerprint density at radius 1 is 1.04 bits per heavy atom. The SMILES string of the molecule is CCCOc1cccc(C(=O)NCc2ccc(C(=O)N3CCCC3)cc2)c1. The van der Waals surface area contributed by atoms with Gasteiger partial charge in [0.2, 0.25) is 0 Å². The second kappa shape index (κ2) is 9.21. The summed E-state index contributed by atoms with van der Waals surface area (Å²) in [5, 5.41) is 2.91. The highest BCUT2D eigenvalue weighted by molar-refractivity contribution is 5.95. The van der Waals surface area contributed by atoms with Crippen LogP contribution in [0.25, 0.3) is 0 Å². The van der Waals surface area contributed by atoms with Crippen LogP contribution in [0.3, 0.4) is 0 Å². The van der Waals surface area contributed by atoms with Gasteiger partial charge in [0.05, 0.1) is 6.61 Å². The molecule has 1 heterocycles. The average molecular weight is 366 g/mol. The average Bonchev–Trinajstić information content (AvgIpc) is 3.25. The normalized spacial score (nSPS) is 13.4. The van der Waals surface area contributed by atoms with Crippen molar-refractivity contribution in [3.8, 4) is 5.75 Å². The van der Waals surface area contributed by atoms with Crippen molar-refractivity contribution in [1.82, 2.24) is 10.2 Å². The molecule has 1 saturated heterocycles. The summed E-state index contributed by atoms with van der Waals surface area (Å²) in [5.74, 6) is 0.649. The summed E-state index contributed by atoms with van der Waals surface area (Å²) in [6.07, 6.45) is 3.09. The van der Waals surface area contributed by atoms with E-state index in [9.17, 15) is 9.59 Å². The third kappa shape index (κ3) is 5.09. The molecule has 0 saturated carbocycles. The molecule has 27 heavy (non-hydrogen) atoms. The molecular formula is C22H26N2O3. The van der Waals surface area contributed by atoms with Crippen LogP contribution < -0.4 is 10.1 Å². The standard InChI is InChI=1S/C22H26N2O3/c1-2-14-27-20-7-5-6-19(15-20)21(25)23-16-17-8-10-18(11-9-17)22(26)24-12-3-4-13-24/h5-11,15H,2-4,12-14,16H2,1H3,(H,23,25). The molecule has 1 aliphatic rings. The van der Waals surface area contributed by atoms with Crippen LogP contribution in [-0.4, -0.2) is 36.4 Å². The minimum Gasteiger partial charge on any atom is -0.494 e. The van der Waals surface area contributed by atoms with Crippen molar-refractivity contribution in [2.24, 2.45) is 0 Å². The second-order valence-electron chi connectivity index (χ2n) is 6.76. The summed E-state index contributed by atoms with van der Waals surface area (Å²) >= 11 is 0. The molecule has 0 unspecified atom stereocenters. The number of carbonyl (C=O) groups is 2. The van der Waals surface area contributed by atoms with Crippen molar-refractivity contribution >= 4 is 11.8 Å². The number of hydrogen-bond donors (Lipinski definition) is 1. The molecule has 2 amide bonds. The number of rotatable bonds is 7. The monoisotopic (exact) mass is 366 g/mol. The molecule has 1 N–H and O–H groups in total. The van der Waals surface area contributed by atoms with Gasteiger partial charge in [0.25, 0.3) is 11.8 Å². The van der Waals surface area contributed by atoms with Gasteiger partial charge in [0.1, 0.15) is 5.75 Å². The van der Waals surface area contributed by atoms with E-state index in [1.807, 2.05) is 48.2 Å². The van der Waals surface area contributed by atoms with Crippen LogP contribution in [0.5, 0.6) is 5.75 Å². The predicted octanol–water partition coefficient (Wildman–Crippen LogP) is 3.64. The minimum atomic E-state index is -0.144. The van der Waals surface area contributed by atoms with Crippen LogP contribution in [0.1, 0.15) is 52.5 Å². The van der Waals surface area contributed by atoms with E-state index in [2.05, 4.69) is 5.32 Å². The zero-order chi connectivity index (χ0) is 19.1. The van der Waals surface area contributed by atoms with Gasteiger partial charge in [-0.2, -0.15) is 0 Å². The van der Waals surface area contributed by atoms with Gasteiger partial charge < -0.3 is 15.0 Å². The maximum absolute atomic E-state index is 12.4. The van der Waals surface area contributed by atoms with Gasteiger partial charge >= 0.3 is 0 Å². The Labute approximate surface area is 160 Å². The zero-order valence-corrected chi connectivity index (χ0v) is 15.7. The lowest BCUT2D eigenvalue weighted by molar-refractivity contribution is 0.0792.